The van der Waals surface area contributed by atoms with Crippen LogP contribution in [-0.2, 0) is 0 Å². The van der Waals surface area contributed by atoms with Crippen molar-refractivity contribution >= 4 is 12.4 Å². The van der Waals surface area contributed by atoms with Crippen LogP contribution in [0.1, 0.15) is 23.6 Å². The average molecular weight is 227 g/mol. The number of aryl methyl sites for hydroxylation is 1. The van der Waals surface area contributed by atoms with Crippen LogP contribution in [0, 0.1) is 18.3 Å². The minimum atomic E-state index is -0.203. The van der Waals surface area contributed by atoms with Gasteiger partial charge in [0.1, 0.15) is 5.75 Å². The third-order valence-electron chi connectivity index (χ3n) is 2.19. The van der Waals surface area contributed by atoms with Crippen molar-refractivity contribution in [1.29, 1.82) is 5.26 Å². The van der Waals surface area contributed by atoms with E-state index in [-0.39, 0.29) is 18.4 Å². The van der Waals surface area contributed by atoms with Gasteiger partial charge in [-0.3, -0.25) is 0 Å². The first kappa shape index (κ1) is 13.8. The molecule has 1 atom stereocenters. The number of nitriles is 1. The van der Waals surface area contributed by atoms with Gasteiger partial charge in [-0.15, -0.1) is 12.4 Å². The van der Waals surface area contributed by atoms with Crippen molar-refractivity contribution in [3.8, 4) is 11.8 Å². The molecule has 1 aromatic carbocycles. The Morgan fingerprint density at radius 3 is 2.67 bits per heavy atom. The normalized spacial score (nSPS) is 11.1. The second-order valence-electron chi connectivity index (χ2n) is 3.19. The summed E-state index contributed by atoms with van der Waals surface area (Å²) in [7, 11) is 1.63. The summed E-state index contributed by atoms with van der Waals surface area (Å²) in [6.07, 6.45) is 0.340. The van der Waals surface area contributed by atoms with E-state index in [0.717, 1.165) is 16.9 Å². The molecule has 0 radical (unpaired) electrons. The van der Waals surface area contributed by atoms with E-state index in [1.54, 1.807) is 7.11 Å². The number of rotatable bonds is 3. The van der Waals surface area contributed by atoms with Crippen LogP contribution in [0.5, 0.6) is 5.75 Å². The fourth-order valence-electron chi connectivity index (χ4n) is 1.40. The lowest BCUT2D eigenvalue weighted by Crippen LogP contribution is -2.10. The van der Waals surface area contributed by atoms with Crippen LogP contribution in [0.25, 0.3) is 0 Å². The molecule has 0 amide bonds. The van der Waals surface area contributed by atoms with E-state index in [2.05, 4.69) is 6.07 Å². The highest BCUT2D eigenvalue weighted by Gasteiger charge is 2.08. The first-order valence-corrected chi connectivity index (χ1v) is 4.46. The Balaban J connectivity index is 0.00000196. The highest BCUT2D eigenvalue weighted by molar-refractivity contribution is 5.85. The van der Waals surface area contributed by atoms with Crippen molar-refractivity contribution in [2.75, 3.05) is 7.11 Å². The van der Waals surface area contributed by atoms with E-state index < -0.39 is 0 Å². The Bertz CT molecular complexity index is 360. The molecule has 82 valence electrons. The fourth-order valence-corrected chi connectivity index (χ4v) is 1.40. The van der Waals surface area contributed by atoms with E-state index in [9.17, 15) is 0 Å². The molecule has 0 fully saturated rings. The molecule has 1 rings (SSSR count). The van der Waals surface area contributed by atoms with Gasteiger partial charge in [-0.2, -0.15) is 5.26 Å². The lowest BCUT2D eigenvalue weighted by molar-refractivity contribution is 0.414. The molecule has 4 heteroatoms. The van der Waals surface area contributed by atoms with Gasteiger partial charge in [0.2, 0.25) is 0 Å². The summed E-state index contributed by atoms with van der Waals surface area (Å²) in [6, 6.07) is 7.56. The molecule has 2 N–H and O–H groups in total. The SMILES string of the molecule is COc1ccc([C@@H](N)CC#N)c(C)c1.Cl. The molecule has 0 unspecified atom stereocenters. The molecule has 0 bridgehead atoms. The Morgan fingerprint density at radius 2 is 2.20 bits per heavy atom. The monoisotopic (exact) mass is 226 g/mol. The Hall–Kier alpha value is -1.24. The van der Waals surface area contributed by atoms with Crippen molar-refractivity contribution in [3.63, 3.8) is 0 Å². The fraction of sp³-hybridized carbons (Fsp3) is 0.364. The number of halogens is 1. The zero-order valence-corrected chi connectivity index (χ0v) is 9.67. The molecule has 0 aliphatic rings. The van der Waals surface area contributed by atoms with Crippen LogP contribution in [-0.4, -0.2) is 7.11 Å². The maximum Gasteiger partial charge on any atom is 0.119 e. The maximum atomic E-state index is 8.53. The summed E-state index contributed by atoms with van der Waals surface area (Å²) in [4.78, 5) is 0. The van der Waals surface area contributed by atoms with Crippen molar-refractivity contribution in [3.05, 3.63) is 29.3 Å². The molecule has 0 heterocycles. The van der Waals surface area contributed by atoms with Gasteiger partial charge in [0, 0.05) is 6.04 Å². The van der Waals surface area contributed by atoms with Crippen molar-refractivity contribution in [2.24, 2.45) is 5.73 Å². The maximum absolute atomic E-state index is 8.53. The third-order valence-corrected chi connectivity index (χ3v) is 2.19. The largest absolute Gasteiger partial charge is 0.497 e. The predicted octanol–water partition coefficient (Wildman–Crippen LogP) is 2.34. The lowest BCUT2D eigenvalue weighted by atomic mass is 10.00. The summed E-state index contributed by atoms with van der Waals surface area (Å²) in [5, 5.41) is 8.53. The van der Waals surface area contributed by atoms with E-state index in [4.69, 9.17) is 15.7 Å². The highest BCUT2D eigenvalue weighted by Crippen LogP contribution is 2.22. The Morgan fingerprint density at radius 1 is 1.53 bits per heavy atom. The summed E-state index contributed by atoms with van der Waals surface area (Å²) >= 11 is 0. The highest BCUT2D eigenvalue weighted by atomic mass is 35.5. The standard InChI is InChI=1S/C11H14N2O.ClH/c1-8-7-9(14-2)3-4-10(8)11(13)5-6-12;/h3-4,7,11H,5,13H2,1-2H3;1H/t11-;/m0./s1. The van der Waals surface area contributed by atoms with Gasteiger partial charge in [0.25, 0.3) is 0 Å². The number of methoxy groups -OCH3 is 1. The number of ether oxygens (including phenoxy) is 1. The second-order valence-corrected chi connectivity index (χ2v) is 3.19. The zero-order chi connectivity index (χ0) is 10.6. The van der Waals surface area contributed by atoms with Crippen LogP contribution in [0.2, 0.25) is 0 Å². The quantitative estimate of drug-likeness (QED) is 0.861. The molecule has 0 aliphatic carbocycles. The van der Waals surface area contributed by atoms with E-state index in [1.807, 2.05) is 25.1 Å². The number of benzene rings is 1. The van der Waals surface area contributed by atoms with Crippen molar-refractivity contribution in [1.82, 2.24) is 0 Å². The summed E-state index contributed by atoms with van der Waals surface area (Å²) in [6.45, 7) is 1.97. The van der Waals surface area contributed by atoms with Crippen LogP contribution < -0.4 is 10.5 Å². The van der Waals surface area contributed by atoms with Crippen LogP contribution in [0.4, 0.5) is 0 Å². The minimum Gasteiger partial charge on any atom is -0.497 e. The predicted molar refractivity (Wildman–Crippen MR) is 62.1 cm³/mol. The number of hydrogen-bond acceptors (Lipinski definition) is 3. The Kier molecular flexibility index (Phi) is 5.76. The molecule has 0 spiro atoms. The topological polar surface area (TPSA) is 59.0 Å². The molecule has 0 aliphatic heterocycles. The van der Waals surface area contributed by atoms with Gasteiger partial charge < -0.3 is 10.5 Å². The molecule has 3 nitrogen and oxygen atoms in total. The second kappa shape index (κ2) is 6.28. The smallest absolute Gasteiger partial charge is 0.119 e. The first-order chi connectivity index (χ1) is 6.69. The molecular weight excluding hydrogens is 212 g/mol. The van der Waals surface area contributed by atoms with Crippen molar-refractivity contribution < 1.29 is 4.74 Å². The molecule has 15 heavy (non-hydrogen) atoms. The molecule has 0 aromatic heterocycles. The van der Waals surface area contributed by atoms with Crippen LogP contribution in [0.3, 0.4) is 0 Å². The number of nitrogens with zero attached hydrogens (tertiary/aromatic N) is 1. The summed E-state index contributed by atoms with van der Waals surface area (Å²) < 4.78 is 5.08. The van der Waals surface area contributed by atoms with Crippen LogP contribution in [0.15, 0.2) is 18.2 Å². The van der Waals surface area contributed by atoms with Crippen molar-refractivity contribution in [2.45, 2.75) is 19.4 Å². The zero-order valence-electron chi connectivity index (χ0n) is 8.86. The molecule has 0 saturated heterocycles. The van der Waals surface area contributed by atoms with Gasteiger partial charge in [-0.25, -0.2) is 0 Å². The van der Waals surface area contributed by atoms with Gasteiger partial charge in [-0.05, 0) is 30.2 Å². The number of nitrogens with two attached hydrogens (primary N) is 1. The third kappa shape index (κ3) is 3.43. The summed E-state index contributed by atoms with van der Waals surface area (Å²) in [5.74, 6) is 0.815. The minimum absolute atomic E-state index is 0. The molecule has 0 saturated carbocycles. The first-order valence-electron chi connectivity index (χ1n) is 4.46. The Labute approximate surface area is 96.3 Å². The van der Waals surface area contributed by atoms with Gasteiger partial charge in [0.15, 0.2) is 0 Å². The van der Waals surface area contributed by atoms with Gasteiger partial charge >= 0.3 is 0 Å². The van der Waals surface area contributed by atoms with Crippen LogP contribution >= 0.6 is 12.4 Å². The number of hydrogen-bond donors (Lipinski definition) is 1. The molecule has 1 aromatic rings. The average Bonchev–Trinajstić information content (AvgIpc) is 2.17. The molecular formula is C11H15ClN2O. The van der Waals surface area contributed by atoms with Gasteiger partial charge in [-0.1, -0.05) is 6.07 Å². The van der Waals surface area contributed by atoms with E-state index in [0.29, 0.717) is 6.42 Å². The van der Waals surface area contributed by atoms with Gasteiger partial charge in [0.05, 0.1) is 19.6 Å². The lowest BCUT2D eigenvalue weighted by Gasteiger charge is -2.12. The van der Waals surface area contributed by atoms with E-state index >= 15 is 0 Å². The van der Waals surface area contributed by atoms with E-state index in [1.165, 1.54) is 0 Å². The summed E-state index contributed by atoms with van der Waals surface area (Å²) in [5.41, 5.74) is 7.90.